The van der Waals surface area contributed by atoms with Crippen molar-refractivity contribution < 1.29 is 28.7 Å². The van der Waals surface area contributed by atoms with Crippen LogP contribution in [0.3, 0.4) is 0 Å². The quantitative estimate of drug-likeness (QED) is 0.287. The summed E-state index contributed by atoms with van der Waals surface area (Å²) >= 11 is 0. The van der Waals surface area contributed by atoms with Crippen LogP contribution in [0.25, 0.3) is 0 Å². The number of methoxy groups -OCH3 is 2. The standard InChI is InChI=1S/C19H19NO7/c1-4-9-26-17-7-5-13(11-18(17)25-3)19(21)27-12-14-10-15(20(22)23)6-8-16(14)24-2/h4-8,10-11H,1,9,12H2,2-3H3. The van der Waals surface area contributed by atoms with Crippen molar-refractivity contribution in [3.8, 4) is 17.2 Å². The van der Waals surface area contributed by atoms with E-state index in [-0.39, 0.29) is 17.9 Å². The lowest BCUT2D eigenvalue weighted by Crippen LogP contribution is -2.07. The summed E-state index contributed by atoms with van der Waals surface area (Å²) in [5.41, 5.74) is 0.521. The summed E-state index contributed by atoms with van der Waals surface area (Å²) in [5, 5.41) is 10.9. The van der Waals surface area contributed by atoms with E-state index >= 15 is 0 Å². The van der Waals surface area contributed by atoms with Gasteiger partial charge in [0, 0.05) is 17.7 Å². The van der Waals surface area contributed by atoms with Crippen molar-refractivity contribution in [2.75, 3.05) is 20.8 Å². The predicted octanol–water partition coefficient (Wildman–Crippen LogP) is 3.53. The molecule has 0 aliphatic heterocycles. The Labute approximate surface area is 156 Å². The maximum atomic E-state index is 12.3. The van der Waals surface area contributed by atoms with Crippen LogP contribution in [0.2, 0.25) is 0 Å². The molecule has 0 aliphatic carbocycles. The summed E-state index contributed by atoms with van der Waals surface area (Å²) in [6.07, 6.45) is 1.59. The van der Waals surface area contributed by atoms with Gasteiger partial charge in [-0.3, -0.25) is 10.1 Å². The highest BCUT2D eigenvalue weighted by Crippen LogP contribution is 2.29. The second kappa shape index (κ2) is 9.23. The first-order chi connectivity index (χ1) is 13.0. The van der Waals surface area contributed by atoms with E-state index in [0.717, 1.165) is 0 Å². The van der Waals surface area contributed by atoms with Crippen LogP contribution in [0.5, 0.6) is 17.2 Å². The van der Waals surface area contributed by atoms with Crippen LogP contribution in [0.15, 0.2) is 49.1 Å². The molecule has 0 spiro atoms. The number of nitro groups is 1. The van der Waals surface area contributed by atoms with E-state index in [0.29, 0.717) is 29.4 Å². The van der Waals surface area contributed by atoms with Crippen LogP contribution in [-0.2, 0) is 11.3 Å². The van der Waals surface area contributed by atoms with Gasteiger partial charge in [0.25, 0.3) is 5.69 Å². The number of nitro benzene ring substituents is 1. The molecule has 0 unspecified atom stereocenters. The van der Waals surface area contributed by atoms with Gasteiger partial charge in [0.05, 0.1) is 24.7 Å². The fraction of sp³-hybridized carbons (Fsp3) is 0.211. The van der Waals surface area contributed by atoms with E-state index in [1.807, 2.05) is 0 Å². The number of carbonyl (C=O) groups excluding carboxylic acids is 1. The number of carbonyl (C=O) groups is 1. The Kier molecular flexibility index (Phi) is 6.76. The fourth-order valence-electron chi connectivity index (χ4n) is 2.28. The first-order valence-corrected chi connectivity index (χ1v) is 7.90. The molecule has 0 heterocycles. The van der Waals surface area contributed by atoms with E-state index in [4.69, 9.17) is 18.9 Å². The van der Waals surface area contributed by atoms with Crippen molar-refractivity contribution >= 4 is 11.7 Å². The molecule has 8 heteroatoms. The largest absolute Gasteiger partial charge is 0.496 e. The molecule has 0 saturated heterocycles. The number of nitrogens with zero attached hydrogens (tertiary/aromatic N) is 1. The summed E-state index contributed by atoms with van der Waals surface area (Å²) < 4.78 is 21.1. The van der Waals surface area contributed by atoms with E-state index < -0.39 is 10.9 Å². The highest BCUT2D eigenvalue weighted by molar-refractivity contribution is 5.90. The minimum absolute atomic E-state index is 0.118. The average Bonchev–Trinajstić information content (AvgIpc) is 2.69. The van der Waals surface area contributed by atoms with Crippen LogP contribution in [0.1, 0.15) is 15.9 Å². The molecular weight excluding hydrogens is 354 g/mol. The molecule has 0 aromatic heterocycles. The highest BCUT2D eigenvalue weighted by Gasteiger charge is 2.16. The molecule has 142 valence electrons. The van der Waals surface area contributed by atoms with Crippen molar-refractivity contribution in [1.29, 1.82) is 0 Å². The van der Waals surface area contributed by atoms with Gasteiger partial charge < -0.3 is 18.9 Å². The molecule has 0 saturated carbocycles. The number of benzene rings is 2. The van der Waals surface area contributed by atoms with Gasteiger partial charge in [0.1, 0.15) is 19.0 Å². The zero-order valence-corrected chi connectivity index (χ0v) is 15.0. The minimum atomic E-state index is -0.614. The molecular formula is C19H19NO7. The number of hydrogen-bond acceptors (Lipinski definition) is 7. The first-order valence-electron chi connectivity index (χ1n) is 7.90. The van der Waals surface area contributed by atoms with Gasteiger partial charge in [-0.05, 0) is 24.3 Å². The number of esters is 1. The Balaban J connectivity index is 2.15. The molecule has 2 aromatic rings. The Morgan fingerprint density at radius 1 is 1.11 bits per heavy atom. The van der Waals surface area contributed by atoms with Crippen LogP contribution in [0.4, 0.5) is 5.69 Å². The number of non-ortho nitro benzene ring substituents is 1. The molecule has 0 aliphatic rings. The fourth-order valence-corrected chi connectivity index (χ4v) is 2.28. The smallest absolute Gasteiger partial charge is 0.338 e. The van der Waals surface area contributed by atoms with E-state index in [1.54, 1.807) is 12.1 Å². The van der Waals surface area contributed by atoms with Gasteiger partial charge >= 0.3 is 5.97 Å². The summed E-state index contributed by atoms with van der Waals surface area (Å²) in [6, 6.07) is 8.69. The first kappa shape index (κ1) is 19.8. The monoisotopic (exact) mass is 373 g/mol. The summed E-state index contributed by atoms with van der Waals surface area (Å²) in [6.45, 7) is 3.69. The lowest BCUT2D eigenvalue weighted by atomic mass is 10.2. The molecule has 0 fully saturated rings. The van der Waals surface area contributed by atoms with Crippen molar-refractivity contribution in [2.45, 2.75) is 6.61 Å². The number of ether oxygens (including phenoxy) is 4. The molecule has 8 nitrogen and oxygen atoms in total. The second-order valence-corrected chi connectivity index (χ2v) is 5.29. The molecule has 0 atom stereocenters. The third kappa shape index (κ3) is 4.97. The zero-order chi connectivity index (χ0) is 19.8. The second-order valence-electron chi connectivity index (χ2n) is 5.29. The van der Waals surface area contributed by atoms with Crippen molar-refractivity contribution in [3.63, 3.8) is 0 Å². The summed E-state index contributed by atoms with van der Waals surface area (Å²) in [4.78, 5) is 22.7. The van der Waals surface area contributed by atoms with E-state index in [1.165, 1.54) is 44.6 Å². The molecule has 0 N–H and O–H groups in total. The SMILES string of the molecule is C=CCOc1ccc(C(=O)OCc2cc([N+](=O)[O-])ccc2OC)cc1OC. The number of rotatable bonds is 9. The van der Waals surface area contributed by atoms with Gasteiger partial charge in [0.15, 0.2) is 11.5 Å². The van der Waals surface area contributed by atoms with Crippen molar-refractivity contribution in [2.24, 2.45) is 0 Å². The third-order valence-electron chi connectivity index (χ3n) is 3.59. The van der Waals surface area contributed by atoms with E-state index in [9.17, 15) is 14.9 Å². The Morgan fingerprint density at radius 2 is 1.81 bits per heavy atom. The van der Waals surface area contributed by atoms with Gasteiger partial charge in [-0.1, -0.05) is 12.7 Å². The maximum Gasteiger partial charge on any atom is 0.338 e. The summed E-state index contributed by atoms with van der Waals surface area (Å²) in [7, 11) is 2.89. The van der Waals surface area contributed by atoms with Crippen LogP contribution < -0.4 is 14.2 Å². The van der Waals surface area contributed by atoms with Gasteiger partial charge in [-0.2, -0.15) is 0 Å². The van der Waals surface area contributed by atoms with Gasteiger partial charge in [-0.25, -0.2) is 4.79 Å². The Bertz CT molecular complexity index is 848. The topological polar surface area (TPSA) is 97.1 Å². The van der Waals surface area contributed by atoms with Gasteiger partial charge in [0.2, 0.25) is 0 Å². The molecule has 0 bridgehead atoms. The van der Waals surface area contributed by atoms with Crippen LogP contribution >= 0.6 is 0 Å². The van der Waals surface area contributed by atoms with E-state index in [2.05, 4.69) is 6.58 Å². The van der Waals surface area contributed by atoms with Gasteiger partial charge in [-0.15, -0.1) is 0 Å². The molecule has 0 amide bonds. The predicted molar refractivity (Wildman–Crippen MR) is 97.5 cm³/mol. The lowest BCUT2D eigenvalue weighted by molar-refractivity contribution is -0.385. The minimum Gasteiger partial charge on any atom is -0.496 e. The highest BCUT2D eigenvalue weighted by atomic mass is 16.6. The van der Waals surface area contributed by atoms with Crippen LogP contribution in [-0.4, -0.2) is 31.7 Å². The molecule has 2 rings (SSSR count). The Morgan fingerprint density at radius 3 is 2.44 bits per heavy atom. The average molecular weight is 373 g/mol. The maximum absolute atomic E-state index is 12.3. The number of hydrogen-bond donors (Lipinski definition) is 0. The molecule has 2 aromatic carbocycles. The zero-order valence-electron chi connectivity index (χ0n) is 15.0. The summed E-state index contributed by atoms with van der Waals surface area (Å²) in [5.74, 6) is 0.616. The normalized spacial score (nSPS) is 10.0. The lowest BCUT2D eigenvalue weighted by Gasteiger charge is -2.12. The van der Waals surface area contributed by atoms with Crippen molar-refractivity contribution in [1.82, 2.24) is 0 Å². The van der Waals surface area contributed by atoms with Crippen LogP contribution in [0, 0.1) is 10.1 Å². The third-order valence-corrected chi connectivity index (χ3v) is 3.59. The molecule has 0 radical (unpaired) electrons. The Hall–Kier alpha value is -3.55. The van der Waals surface area contributed by atoms with Crippen molar-refractivity contribution in [3.05, 3.63) is 70.3 Å². The molecule has 27 heavy (non-hydrogen) atoms.